The number of nitrogens with one attached hydrogen (secondary N) is 2. The van der Waals surface area contributed by atoms with Crippen molar-refractivity contribution < 1.29 is 4.79 Å². The number of anilines is 1. The van der Waals surface area contributed by atoms with Crippen molar-refractivity contribution in [1.82, 2.24) is 15.5 Å². The van der Waals surface area contributed by atoms with Crippen molar-refractivity contribution >= 4 is 57.3 Å². The van der Waals surface area contributed by atoms with Gasteiger partial charge in [-0.15, -0.1) is 16.8 Å². The number of carbonyl (C=O) groups excluding carboxylic acids is 1. The third-order valence-electron chi connectivity index (χ3n) is 2.95. The highest BCUT2D eigenvalue weighted by Crippen LogP contribution is 2.27. The molecule has 0 unspecified atom stereocenters. The summed E-state index contributed by atoms with van der Waals surface area (Å²) in [6.07, 6.45) is 1.74. The van der Waals surface area contributed by atoms with Gasteiger partial charge in [0.2, 0.25) is 11.0 Å². The third kappa shape index (κ3) is 5.66. The molecule has 0 aliphatic rings. The molecular weight excluding hydrogens is 387 g/mol. The van der Waals surface area contributed by atoms with Gasteiger partial charge in [0, 0.05) is 6.54 Å². The lowest BCUT2D eigenvalue weighted by atomic mass is 10.1. The summed E-state index contributed by atoms with van der Waals surface area (Å²) < 4.78 is 0.735. The molecule has 1 aromatic heterocycles. The Bertz CT molecular complexity index is 723. The fraction of sp³-hybridized carbons (Fsp3) is 0.267. The topological polar surface area (TPSA) is 66.9 Å². The highest BCUT2D eigenvalue weighted by atomic mass is 35.5. The average molecular weight is 403 g/mol. The molecule has 1 aromatic carbocycles. The molecule has 2 rings (SSSR count). The van der Waals surface area contributed by atoms with Crippen LogP contribution in [0.1, 0.15) is 18.5 Å². The molecule has 0 spiro atoms. The lowest BCUT2D eigenvalue weighted by molar-refractivity contribution is -0.119. The molecule has 9 heteroatoms. The molecule has 2 N–H and O–H groups in total. The zero-order valence-corrected chi connectivity index (χ0v) is 16.0. The number of hydrogen-bond donors (Lipinski definition) is 2. The van der Waals surface area contributed by atoms with Crippen molar-refractivity contribution in [3.05, 3.63) is 46.5 Å². The van der Waals surface area contributed by atoms with E-state index in [9.17, 15) is 4.79 Å². The molecule has 5 nitrogen and oxygen atoms in total. The fourth-order valence-corrected chi connectivity index (χ4v) is 3.65. The van der Waals surface area contributed by atoms with E-state index in [1.165, 1.54) is 23.1 Å². The SMILES string of the molecule is C=CCNc1nnc(SCC(=O)N[C@@H](C)c2ccc(Cl)c(Cl)c2)s1. The summed E-state index contributed by atoms with van der Waals surface area (Å²) in [7, 11) is 0. The van der Waals surface area contributed by atoms with Crippen LogP contribution in [0.15, 0.2) is 35.2 Å². The molecule has 1 amide bonds. The minimum atomic E-state index is -0.160. The van der Waals surface area contributed by atoms with Gasteiger partial charge in [-0.3, -0.25) is 4.79 Å². The van der Waals surface area contributed by atoms with Crippen LogP contribution in [-0.4, -0.2) is 28.4 Å². The van der Waals surface area contributed by atoms with Gasteiger partial charge < -0.3 is 10.6 Å². The monoisotopic (exact) mass is 402 g/mol. The molecular formula is C15H16Cl2N4OS2. The Balaban J connectivity index is 1.83. The fourth-order valence-electron chi connectivity index (χ4n) is 1.77. The molecule has 128 valence electrons. The van der Waals surface area contributed by atoms with Gasteiger partial charge in [0.1, 0.15) is 0 Å². The van der Waals surface area contributed by atoms with Gasteiger partial charge in [0.15, 0.2) is 4.34 Å². The van der Waals surface area contributed by atoms with E-state index >= 15 is 0 Å². The minimum absolute atomic E-state index is 0.0885. The molecule has 1 atom stereocenters. The Morgan fingerprint density at radius 1 is 1.42 bits per heavy atom. The lowest BCUT2D eigenvalue weighted by Gasteiger charge is -2.14. The van der Waals surface area contributed by atoms with Crippen molar-refractivity contribution in [1.29, 1.82) is 0 Å². The second kappa shape index (κ2) is 9.27. The highest BCUT2D eigenvalue weighted by molar-refractivity contribution is 8.01. The van der Waals surface area contributed by atoms with E-state index < -0.39 is 0 Å². The van der Waals surface area contributed by atoms with Crippen LogP contribution in [0.3, 0.4) is 0 Å². The van der Waals surface area contributed by atoms with Gasteiger partial charge in [-0.05, 0) is 24.6 Å². The number of rotatable bonds is 8. The van der Waals surface area contributed by atoms with E-state index in [4.69, 9.17) is 23.2 Å². The van der Waals surface area contributed by atoms with Crippen LogP contribution in [0.4, 0.5) is 5.13 Å². The van der Waals surface area contributed by atoms with Crippen LogP contribution in [0, 0.1) is 0 Å². The molecule has 1 heterocycles. The van der Waals surface area contributed by atoms with Crippen LogP contribution in [0.2, 0.25) is 10.0 Å². The molecule has 24 heavy (non-hydrogen) atoms. The molecule has 0 bridgehead atoms. The maximum Gasteiger partial charge on any atom is 0.230 e. The summed E-state index contributed by atoms with van der Waals surface area (Å²) in [5.41, 5.74) is 0.898. The van der Waals surface area contributed by atoms with E-state index in [1.54, 1.807) is 18.2 Å². The van der Waals surface area contributed by atoms with Crippen LogP contribution in [-0.2, 0) is 4.79 Å². The van der Waals surface area contributed by atoms with Crippen LogP contribution >= 0.6 is 46.3 Å². The quantitative estimate of drug-likeness (QED) is 0.505. The Morgan fingerprint density at radius 2 is 2.21 bits per heavy atom. The number of carbonyl (C=O) groups is 1. The Labute approximate surface area is 158 Å². The van der Waals surface area contributed by atoms with Gasteiger partial charge >= 0.3 is 0 Å². The highest BCUT2D eigenvalue weighted by Gasteiger charge is 2.13. The first kappa shape index (κ1) is 19.1. The predicted octanol–water partition coefficient (Wildman–Crippen LogP) is 4.41. The minimum Gasteiger partial charge on any atom is -0.357 e. The Morgan fingerprint density at radius 3 is 2.92 bits per heavy atom. The summed E-state index contributed by atoms with van der Waals surface area (Å²) in [4.78, 5) is 12.1. The predicted molar refractivity (Wildman–Crippen MR) is 102 cm³/mol. The number of nitrogens with zero attached hydrogens (tertiary/aromatic N) is 2. The zero-order valence-electron chi connectivity index (χ0n) is 12.9. The van der Waals surface area contributed by atoms with Gasteiger partial charge in [0.25, 0.3) is 0 Å². The smallest absolute Gasteiger partial charge is 0.230 e. The van der Waals surface area contributed by atoms with Gasteiger partial charge in [-0.25, -0.2) is 0 Å². The molecule has 0 fully saturated rings. The summed E-state index contributed by atoms with van der Waals surface area (Å²) in [6, 6.07) is 5.15. The summed E-state index contributed by atoms with van der Waals surface area (Å²) in [6.45, 7) is 6.14. The molecule has 0 radical (unpaired) electrons. The van der Waals surface area contributed by atoms with Gasteiger partial charge in [-0.2, -0.15) is 0 Å². The Hall–Kier alpha value is -1.28. The number of benzene rings is 1. The normalized spacial score (nSPS) is 11.8. The summed E-state index contributed by atoms with van der Waals surface area (Å²) >= 11 is 14.6. The van der Waals surface area contributed by atoms with Crippen LogP contribution < -0.4 is 10.6 Å². The average Bonchev–Trinajstić information content (AvgIpc) is 3.01. The van der Waals surface area contributed by atoms with Gasteiger partial charge in [0.05, 0.1) is 21.8 Å². The maximum absolute atomic E-state index is 12.1. The molecule has 0 aliphatic heterocycles. The van der Waals surface area contributed by atoms with Crippen molar-refractivity contribution in [2.45, 2.75) is 17.3 Å². The summed E-state index contributed by atoms with van der Waals surface area (Å²) in [5.74, 6) is 0.177. The lowest BCUT2D eigenvalue weighted by Crippen LogP contribution is -2.28. The first-order chi connectivity index (χ1) is 11.5. The second-order valence-electron chi connectivity index (χ2n) is 4.79. The van der Waals surface area contributed by atoms with E-state index in [1.807, 2.05) is 13.0 Å². The van der Waals surface area contributed by atoms with Crippen LogP contribution in [0.5, 0.6) is 0 Å². The van der Waals surface area contributed by atoms with Crippen molar-refractivity contribution in [3.63, 3.8) is 0 Å². The number of aromatic nitrogens is 2. The molecule has 0 aliphatic carbocycles. The zero-order chi connectivity index (χ0) is 17.5. The first-order valence-corrected chi connectivity index (χ1v) is 9.60. The van der Waals surface area contributed by atoms with E-state index in [2.05, 4.69) is 27.4 Å². The number of halogens is 2. The standard InChI is InChI=1S/C15H16Cl2N4OS2/c1-3-6-18-14-20-21-15(24-14)23-8-13(22)19-9(2)10-4-5-11(16)12(17)7-10/h3-5,7,9H,1,6,8H2,2H3,(H,18,20)(H,19,22)/t9-/m0/s1. The van der Waals surface area contributed by atoms with Crippen molar-refractivity contribution in [2.24, 2.45) is 0 Å². The second-order valence-corrected chi connectivity index (χ2v) is 7.81. The molecule has 0 saturated carbocycles. The number of amides is 1. The maximum atomic E-state index is 12.1. The largest absolute Gasteiger partial charge is 0.357 e. The van der Waals surface area contributed by atoms with E-state index in [0.29, 0.717) is 21.7 Å². The number of thioether (sulfide) groups is 1. The van der Waals surface area contributed by atoms with E-state index in [0.717, 1.165) is 9.90 Å². The summed E-state index contributed by atoms with van der Waals surface area (Å²) in [5, 5.41) is 15.7. The molecule has 0 saturated heterocycles. The van der Waals surface area contributed by atoms with Crippen molar-refractivity contribution in [3.8, 4) is 0 Å². The Kier molecular flexibility index (Phi) is 7.36. The molecule has 2 aromatic rings. The third-order valence-corrected chi connectivity index (χ3v) is 5.71. The van der Waals surface area contributed by atoms with E-state index in [-0.39, 0.29) is 17.7 Å². The van der Waals surface area contributed by atoms with Gasteiger partial charge in [-0.1, -0.05) is 58.4 Å². The van der Waals surface area contributed by atoms with Crippen molar-refractivity contribution in [2.75, 3.05) is 17.6 Å². The number of hydrogen-bond acceptors (Lipinski definition) is 6. The van der Waals surface area contributed by atoms with Crippen LogP contribution in [0.25, 0.3) is 0 Å². The first-order valence-electron chi connectivity index (χ1n) is 7.05.